The minimum absolute atomic E-state index is 0.242. The number of aryl methyl sites for hydroxylation is 1. The summed E-state index contributed by atoms with van der Waals surface area (Å²) in [5.74, 6) is 0.894. The Morgan fingerprint density at radius 1 is 1.19 bits per heavy atom. The van der Waals surface area contributed by atoms with E-state index in [0.29, 0.717) is 23.9 Å². The molecule has 7 nitrogen and oxygen atoms in total. The maximum atomic E-state index is 12.1. The summed E-state index contributed by atoms with van der Waals surface area (Å²) < 4.78 is 0. The first kappa shape index (κ1) is 18.8. The molecule has 0 aliphatic carbocycles. The van der Waals surface area contributed by atoms with Gasteiger partial charge < -0.3 is 20.4 Å². The van der Waals surface area contributed by atoms with Crippen molar-refractivity contribution in [3.8, 4) is 0 Å². The van der Waals surface area contributed by atoms with Crippen molar-refractivity contribution in [2.75, 3.05) is 50.0 Å². The number of likely N-dealkylation sites (N-methyl/N-ethyl adjacent to an activating group) is 1. The Labute approximate surface area is 160 Å². The van der Waals surface area contributed by atoms with Crippen LogP contribution in [0.25, 0.3) is 0 Å². The van der Waals surface area contributed by atoms with Crippen LogP contribution in [0.3, 0.4) is 0 Å². The van der Waals surface area contributed by atoms with E-state index in [4.69, 9.17) is 0 Å². The van der Waals surface area contributed by atoms with Gasteiger partial charge in [0.1, 0.15) is 17.3 Å². The zero-order valence-electron chi connectivity index (χ0n) is 15.9. The number of amides is 1. The molecule has 1 aliphatic rings. The van der Waals surface area contributed by atoms with Crippen molar-refractivity contribution in [1.82, 2.24) is 20.2 Å². The fourth-order valence-corrected chi connectivity index (χ4v) is 2.97. The van der Waals surface area contributed by atoms with Gasteiger partial charge in [-0.25, -0.2) is 9.97 Å². The summed E-state index contributed by atoms with van der Waals surface area (Å²) in [5, 5.41) is 5.99. The molecular formula is C20H26N6O. The molecule has 1 aliphatic heterocycles. The SMILES string of the molecule is C=CCNC(=O)c1cc(Nc2ccc(N3CCN(C)CC3)cc2)nc(C)n1. The molecule has 0 radical (unpaired) electrons. The highest BCUT2D eigenvalue weighted by molar-refractivity contribution is 5.93. The lowest BCUT2D eigenvalue weighted by Gasteiger charge is -2.34. The van der Waals surface area contributed by atoms with Gasteiger partial charge in [-0.3, -0.25) is 4.79 Å². The second kappa shape index (κ2) is 8.64. The lowest BCUT2D eigenvalue weighted by Crippen LogP contribution is -2.44. The van der Waals surface area contributed by atoms with Gasteiger partial charge in [0.15, 0.2) is 0 Å². The van der Waals surface area contributed by atoms with Crippen LogP contribution in [0, 0.1) is 6.92 Å². The molecule has 1 aromatic carbocycles. The smallest absolute Gasteiger partial charge is 0.270 e. The van der Waals surface area contributed by atoms with E-state index in [2.05, 4.69) is 56.2 Å². The largest absolute Gasteiger partial charge is 0.369 e. The molecule has 2 heterocycles. The number of piperazine rings is 1. The highest BCUT2D eigenvalue weighted by Gasteiger charge is 2.14. The monoisotopic (exact) mass is 366 g/mol. The normalized spacial score (nSPS) is 14.7. The predicted octanol–water partition coefficient (Wildman–Crippen LogP) is 2.20. The number of nitrogens with one attached hydrogen (secondary N) is 2. The highest BCUT2D eigenvalue weighted by Crippen LogP contribution is 2.21. The lowest BCUT2D eigenvalue weighted by atomic mass is 10.2. The molecule has 1 aromatic heterocycles. The molecule has 0 spiro atoms. The molecule has 0 unspecified atom stereocenters. The first-order valence-corrected chi connectivity index (χ1v) is 9.10. The summed E-state index contributed by atoms with van der Waals surface area (Å²) in [7, 11) is 2.15. The first-order chi connectivity index (χ1) is 13.0. The fraction of sp³-hybridized carbons (Fsp3) is 0.350. The third kappa shape index (κ3) is 5.04. The molecule has 2 N–H and O–H groups in total. The van der Waals surface area contributed by atoms with Gasteiger partial charge in [0.2, 0.25) is 0 Å². The summed E-state index contributed by atoms with van der Waals surface area (Å²) in [6.07, 6.45) is 1.63. The molecule has 3 rings (SSSR count). The van der Waals surface area contributed by atoms with Crippen molar-refractivity contribution in [1.29, 1.82) is 0 Å². The number of anilines is 3. The Kier molecular flexibility index (Phi) is 6.03. The number of rotatable bonds is 6. The molecule has 27 heavy (non-hydrogen) atoms. The van der Waals surface area contributed by atoms with Gasteiger partial charge in [0, 0.05) is 50.2 Å². The zero-order chi connectivity index (χ0) is 19.2. The number of hydrogen-bond acceptors (Lipinski definition) is 6. The Bertz CT molecular complexity index is 797. The maximum Gasteiger partial charge on any atom is 0.270 e. The lowest BCUT2D eigenvalue weighted by molar-refractivity contribution is 0.0952. The minimum Gasteiger partial charge on any atom is -0.369 e. The van der Waals surface area contributed by atoms with Gasteiger partial charge in [0.05, 0.1) is 0 Å². The van der Waals surface area contributed by atoms with E-state index in [-0.39, 0.29) is 5.91 Å². The van der Waals surface area contributed by atoms with E-state index >= 15 is 0 Å². The summed E-state index contributed by atoms with van der Waals surface area (Å²) in [6.45, 7) is 10.0. The summed E-state index contributed by atoms with van der Waals surface area (Å²) in [5.41, 5.74) is 2.47. The number of nitrogens with zero attached hydrogens (tertiary/aromatic N) is 4. The molecular weight excluding hydrogens is 340 g/mol. The fourth-order valence-electron chi connectivity index (χ4n) is 2.97. The number of carbonyl (C=O) groups is 1. The summed E-state index contributed by atoms with van der Waals surface area (Å²) >= 11 is 0. The van der Waals surface area contributed by atoms with Gasteiger partial charge in [-0.1, -0.05) is 6.08 Å². The second-order valence-electron chi connectivity index (χ2n) is 6.65. The molecule has 7 heteroatoms. The molecule has 2 aromatic rings. The molecule has 1 amide bonds. The van der Waals surface area contributed by atoms with Crippen molar-refractivity contribution in [3.63, 3.8) is 0 Å². The van der Waals surface area contributed by atoms with Crippen molar-refractivity contribution >= 4 is 23.1 Å². The van der Waals surface area contributed by atoms with Crippen LogP contribution in [0.1, 0.15) is 16.3 Å². The van der Waals surface area contributed by atoms with Crippen LogP contribution in [-0.2, 0) is 0 Å². The zero-order valence-corrected chi connectivity index (χ0v) is 15.9. The number of aromatic nitrogens is 2. The van der Waals surface area contributed by atoms with Crippen LogP contribution in [-0.4, -0.2) is 60.5 Å². The third-order valence-corrected chi connectivity index (χ3v) is 4.49. The molecule has 1 saturated heterocycles. The molecule has 1 fully saturated rings. The van der Waals surface area contributed by atoms with E-state index in [0.717, 1.165) is 31.9 Å². The molecule has 0 atom stereocenters. The minimum atomic E-state index is -0.242. The van der Waals surface area contributed by atoms with Crippen LogP contribution in [0.2, 0.25) is 0 Å². The van der Waals surface area contributed by atoms with Crippen molar-refractivity contribution < 1.29 is 4.79 Å². The Balaban J connectivity index is 1.69. The average Bonchev–Trinajstić information content (AvgIpc) is 2.67. The number of benzene rings is 1. The van der Waals surface area contributed by atoms with Crippen molar-refractivity contribution in [2.24, 2.45) is 0 Å². The van der Waals surface area contributed by atoms with Gasteiger partial charge in [-0.15, -0.1) is 6.58 Å². The molecule has 0 saturated carbocycles. The number of carbonyl (C=O) groups excluding carboxylic acids is 1. The van der Waals surface area contributed by atoms with E-state index in [1.54, 1.807) is 19.1 Å². The van der Waals surface area contributed by atoms with Crippen LogP contribution in [0.15, 0.2) is 43.0 Å². The van der Waals surface area contributed by atoms with Crippen molar-refractivity contribution in [2.45, 2.75) is 6.92 Å². The summed E-state index contributed by atoms with van der Waals surface area (Å²) in [4.78, 5) is 25.4. The van der Waals surface area contributed by atoms with Crippen LogP contribution in [0.5, 0.6) is 0 Å². The van der Waals surface area contributed by atoms with E-state index < -0.39 is 0 Å². The Morgan fingerprint density at radius 2 is 1.89 bits per heavy atom. The van der Waals surface area contributed by atoms with Gasteiger partial charge in [0.25, 0.3) is 5.91 Å². The molecule has 0 bridgehead atoms. The van der Waals surface area contributed by atoms with Crippen LogP contribution in [0.4, 0.5) is 17.2 Å². The molecule has 142 valence electrons. The maximum absolute atomic E-state index is 12.1. The van der Waals surface area contributed by atoms with Crippen LogP contribution >= 0.6 is 0 Å². The van der Waals surface area contributed by atoms with E-state index in [9.17, 15) is 4.79 Å². The topological polar surface area (TPSA) is 73.4 Å². The van der Waals surface area contributed by atoms with Gasteiger partial charge in [-0.2, -0.15) is 0 Å². The van der Waals surface area contributed by atoms with Gasteiger partial charge >= 0.3 is 0 Å². The van der Waals surface area contributed by atoms with Gasteiger partial charge in [-0.05, 0) is 38.2 Å². The third-order valence-electron chi connectivity index (χ3n) is 4.49. The quantitative estimate of drug-likeness (QED) is 0.764. The Morgan fingerprint density at radius 3 is 2.56 bits per heavy atom. The predicted molar refractivity (Wildman–Crippen MR) is 109 cm³/mol. The van der Waals surface area contributed by atoms with Crippen molar-refractivity contribution in [3.05, 3.63) is 54.5 Å². The number of hydrogen-bond donors (Lipinski definition) is 2. The standard InChI is InChI=1S/C20H26N6O/c1-4-9-21-20(27)18-14-19(23-15(2)22-18)24-16-5-7-17(8-6-16)26-12-10-25(3)11-13-26/h4-8,14H,1,9-13H2,2-3H3,(H,21,27)(H,22,23,24). The van der Waals surface area contributed by atoms with E-state index in [1.165, 1.54) is 5.69 Å². The average molecular weight is 366 g/mol. The second-order valence-corrected chi connectivity index (χ2v) is 6.65. The highest BCUT2D eigenvalue weighted by atomic mass is 16.1. The Hall–Kier alpha value is -2.93. The van der Waals surface area contributed by atoms with Crippen LogP contribution < -0.4 is 15.5 Å². The summed E-state index contributed by atoms with van der Waals surface area (Å²) in [6, 6.07) is 9.93. The van der Waals surface area contributed by atoms with E-state index in [1.807, 2.05) is 12.1 Å². The first-order valence-electron chi connectivity index (χ1n) is 9.10.